The molecule has 4 heteroatoms. The Morgan fingerprint density at radius 1 is 0.964 bits per heavy atom. The highest BCUT2D eigenvalue weighted by molar-refractivity contribution is 5.83. The molecule has 3 aliphatic rings. The smallest absolute Gasteiger partial charge is 0.230 e. The Kier molecular flexibility index (Phi) is 4.59. The van der Waals surface area contributed by atoms with Crippen molar-refractivity contribution in [3.63, 3.8) is 0 Å². The Labute approximate surface area is 166 Å². The molecule has 1 amide bonds. The first-order valence-electron chi connectivity index (χ1n) is 10.6. The Bertz CT molecular complexity index is 847. The number of rotatable bonds is 3. The van der Waals surface area contributed by atoms with Crippen LogP contribution in [0.5, 0.6) is 0 Å². The molecule has 4 unspecified atom stereocenters. The number of nitrogens with zero attached hydrogens (tertiary/aromatic N) is 2. The lowest BCUT2D eigenvalue weighted by Crippen LogP contribution is -2.49. The number of hydrogen-bond donors (Lipinski definition) is 1. The molecule has 2 fully saturated rings. The van der Waals surface area contributed by atoms with Crippen molar-refractivity contribution in [2.24, 2.45) is 5.92 Å². The zero-order valence-corrected chi connectivity index (χ0v) is 16.2. The SMILES string of the molecule is O=C(C1C(O)CC2c3ccccc3N(Cc3ccccc3)C21)N1CCCCC1. The molecule has 0 radical (unpaired) electrons. The first kappa shape index (κ1) is 17.7. The van der Waals surface area contributed by atoms with Gasteiger partial charge in [-0.25, -0.2) is 0 Å². The summed E-state index contributed by atoms with van der Waals surface area (Å²) in [5.41, 5.74) is 3.75. The molecule has 1 saturated carbocycles. The maximum absolute atomic E-state index is 13.4. The molecule has 0 bridgehead atoms. The van der Waals surface area contributed by atoms with Gasteiger partial charge in [0.05, 0.1) is 18.1 Å². The van der Waals surface area contributed by atoms with Crippen LogP contribution in [-0.4, -0.2) is 41.1 Å². The summed E-state index contributed by atoms with van der Waals surface area (Å²) in [4.78, 5) is 17.8. The van der Waals surface area contributed by atoms with Gasteiger partial charge in [0.25, 0.3) is 0 Å². The number of para-hydroxylation sites is 1. The van der Waals surface area contributed by atoms with Gasteiger partial charge in [-0.15, -0.1) is 0 Å². The molecule has 0 aromatic heterocycles. The number of aliphatic hydroxyl groups is 1. The van der Waals surface area contributed by atoms with E-state index in [4.69, 9.17) is 0 Å². The summed E-state index contributed by atoms with van der Waals surface area (Å²) in [5.74, 6) is 0.0541. The van der Waals surface area contributed by atoms with Crippen LogP contribution in [0.2, 0.25) is 0 Å². The number of benzene rings is 2. The fourth-order valence-electron chi connectivity index (χ4n) is 5.58. The normalized spacial score (nSPS) is 28.9. The van der Waals surface area contributed by atoms with Gasteiger partial charge in [-0.3, -0.25) is 4.79 Å². The number of anilines is 1. The van der Waals surface area contributed by atoms with Crippen molar-refractivity contribution in [2.75, 3.05) is 18.0 Å². The molecule has 4 nitrogen and oxygen atoms in total. The Morgan fingerprint density at radius 2 is 1.68 bits per heavy atom. The van der Waals surface area contributed by atoms with Crippen LogP contribution >= 0.6 is 0 Å². The molecule has 2 aliphatic heterocycles. The first-order chi connectivity index (χ1) is 13.7. The molecule has 1 saturated heterocycles. The van der Waals surface area contributed by atoms with E-state index in [0.29, 0.717) is 6.42 Å². The Hall–Kier alpha value is -2.33. The zero-order chi connectivity index (χ0) is 19.1. The van der Waals surface area contributed by atoms with E-state index in [1.54, 1.807) is 0 Å². The second-order valence-corrected chi connectivity index (χ2v) is 8.48. The summed E-state index contributed by atoms with van der Waals surface area (Å²) in [6.07, 6.45) is 3.48. The van der Waals surface area contributed by atoms with Crippen LogP contribution in [0, 0.1) is 5.92 Å². The zero-order valence-electron chi connectivity index (χ0n) is 16.2. The third kappa shape index (κ3) is 2.91. The molecule has 1 N–H and O–H groups in total. The number of aliphatic hydroxyl groups excluding tert-OH is 1. The summed E-state index contributed by atoms with van der Waals surface area (Å²) in [6, 6.07) is 19.0. The van der Waals surface area contributed by atoms with E-state index >= 15 is 0 Å². The molecule has 2 heterocycles. The quantitative estimate of drug-likeness (QED) is 0.891. The lowest BCUT2D eigenvalue weighted by Gasteiger charge is -2.36. The summed E-state index contributed by atoms with van der Waals surface area (Å²) < 4.78 is 0. The minimum atomic E-state index is -0.559. The molecule has 2 aromatic carbocycles. The van der Waals surface area contributed by atoms with Gasteiger partial charge >= 0.3 is 0 Å². The monoisotopic (exact) mass is 376 g/mol. The predicted octanol–water partition coefficient (Wildman–Crippen LogP) is 3.55. The largest absolute Gasteiger partial charge is 0.392 e. The molecule has 28 heavy (non-hydrogen) atoms. The van der Waals surface area contributed by atoms with Gasteiger partial charge in [0.15, 0.2) is 0 Å². The van der Waals surface area contributed by atoms with Gasteiger partial charge in [0.2, 0.25) is 5.91 Å². The van der Waals surface area contributed by atoms with Crippen LogP contribution in [-0.2, 0) is 11.3 Å². The van der Waals surface area contributed by atoms with Crippen LogP contribution in [0.25, 0.3) is 0 Å². The standard InChI is InChI=1S/C24H28N2O2/c27-21-15-19-18-11-5-6-12-20(18)26(16-17-9-3-1-4-10-17)23(19)22(21)24(28)25-13-7-2-8-14-25/h1,3-6,9-12,19,21-23,27H,2,7-8,13-16H2. The van der Waals surface area contributed by atoms with E-state index in [0.717, 1.165) is 32.5 Å². The average molecular weight is 377 g/mol. The average Bonchev–Trinajstić information content (AvgIpc) is 3.23. The van der Waals surface area contributed by atoms with E-state index in [9.17, 15) is 9.90 Å². The lowest BCUT2D eigenvalue weighted by atomic mass is 9.93. The minimum absolute atomic E-state index is 0.0435. The van der Waals surface area contributed by atoms with Gasteiger partial charge in [-0.05, 0) is 42.9 Å². The third-order valence-electron chi connectivity index (χ3n) is 6.84. The Balaban J connectivity index is 1.50. The highest BCUT2D eigenvalue weighted by Crippen LogP contribution is 2.52. The molecule has 1 aliphatic carbocycles. The highest BCUT2D eigenvalue weighted by atomic mass is 16.3. The van der Waals surface area contributed by atoms with Crippen LogP contribution in [0.4, 0.5) is 5.69 Å². The van der Waals surface area contributed by atoms with Crippen LogP contribution in [0.15, 0.2) is 54.6 Å². The number of piperidine rings is 1. The number of likely N-dealkylation sites (tertiary alicyclic amines) is 1. The minimum Gasteiger partial charge on any atom is -0.392 e. The molecule has 0 spiro atoms. The van der Waals surface area contributed by atoms with Crippen molar-refractivity contribution >= 4 is 11.6 Å². The Morgan fingerprint density at radius 3 is 2.46 bits per heavy atom. The summed E-state index contributed by atoms with van der Waals surface area (Å²) in [6.45, 7) is 2.45. The summed E-state index contributed by atoms with van der Waals surface area (Å²) in [7, 11) is 0. The van der Waals surface area contributed by atoms with Gasteiger partial charge in [-0.1, -0.05) is 48.5 Å². The van der Waals surface area contributed by atoms with E-state index in [1.165, 1.54) is 23.2 Å². The van der Waals surface area contributed by atoms with Crippen molar-refractivity contribution in [1.82, 2.24) is 4.90 Å². The number of amides is 1. The maximum atomic E-state index is 13.4. The number of fused-ring (bicyclic) bond motifs is 3. The molecule has 146 valence electrons. The van der Waals surface area contributed by atoms with Gasteiger partial charge in [0, 0.05) is 31.2 Å². The number of hydrogen-bond acceptors (Lipinski definition) is 3. The van der Waals surface area contributed by atoms with E-state index in [1.807, 2.05) is 11.0 Å². The fourth-order valence-corrected chi connectivity index (χ4v) is 5.58. The van der Waals surface area contributed by atoms with Gasteiger partial charge < -0.3 is 14.9 Å². The molecule has 2 aromatic rings. The van der Waals surface area contributed by atoms with Crippen molar-refractivity contribution in [2.45, 2.75) is 50.3 Å². The van der Waals surface area contributed by atoms with E-state index < -0.39 is 6.10 Å². The van der Waals surface area contributed by atoms with Crippen molar-refractivity contribution in [3.8, 4) is 0 Å². The molecule has 5 rings (SSSR count). The third-order valence-corrected chi connectivity index (χ3v) is 6.84. The summed E-state index contributed by atoms with van der Waals surface area (Å²) in [5, 5.41) is 10.9. The first-order valence-corrected chi connectivity index (χ1v) is 10.6. The lowest BCUT2D eigenvalue weighted by molar-refractivity contribution is -0.139. The van der Waals surface area contributed by atoms with E-state index in [-0.39, 0.29) is 23.8 Å². The molecular formula is C24H28N2O2. The molecule has 4 atom stereocenters. The number of carbonyl (C=O) groups is 1. The second-order valence-electron chi connectivity index (χ2n) is 8.48. The van der Waals surface area contributed by atoms with E-state index in [2.05, 4.69) is 53.4 Å². The number of carbonyl (C=O) groups excluding carboxylic acids is 1. The topological polar surface area (TPSA) is 43.8 Å². The maximum Gasteiger partial charge on any atom is 0.230 e. The van der Waals surface area contributed by atoms with Gasteiger partial charge in [0.1, 0.15) is 0 Å². The summed E-state index contributed by atoms with van der Waals surface area (Å²) >= 11 is 0. The predicted molar refractivity (Wildman–Crippen MR) is 110 cm³/mol. The molecular weight excluding hydrogens is 348 g/mol. The van der Waals surface area contributed by atoms with Crippen LogP contribution in [0.3, 0.4) is 0 Å². The van der Waals surface area contributed by atoms with Crippen molar-refractivity contribution in [3.05, 3.63) is 65.7 Å². The highest BCUT2D eigenvalue weighted by Gasteiger charge is 2.54. The van der Waals surface area contributed by atoms with Crippen LogP contribution < -0.4 is 4.90 Å². The van der Waals surface area contributed by atoms with Crippen molar-refractivity contribution in [1.29, 1.82) is 0 Å². The fraction of sp³-hybridized carbons (Fsp3) is 0.458. The van der Waals surface area contributed by atoms with Gasteiger partial charge in [-0.2, -0.15) is 0 Å². The van der Waals surface area contributed by atoms with Crippen LogP contribution in [0.1, 0.15) is 42.7 Å². The second kappa shape index (κ2) is 7.25. The van der Waals surface area contributed by atoms with Crippen molar-refractivity contribution < 1.29 is 9.90 Å².